The zero-order valence-corrected chi connectivity index (χ0v) is 21.1. The molecule has 0 spiro atoms. The highest BCUT2D eigenvalue weighted by Gasteiger charge is 2.15. The Hall–Kier alpha value is -4.23. The van der Waals surface area contributed by atoms with Crippen LogP contribution in [0.4, 0.5) is 5.69 Å². The maximum atomic E-state index is 12.1. The van der Waals surface area contributed by atoms with Crippen LogP contribution in [-0.4, -0.2) is 37.9 Å². The summed E-state index contributed by atoms with van der Waals surface area (Å²) < 4.78 is 10.6. The second-order valence-corrected chi connectivity index (χ2v) is 7.33. The van der Waals surface area contributed by atoms with E-state index in [4.69, 9.17) is 15.2 Å². The third-order valence-corrected chi connectivity index (χ3v) is 5.18. The van der Waals surface area contributed by atoms with Gasteiger partial charge in [-0.25, -0.2) is 4.79 Å². The number of nitrogens with zero attached hydrogens (tertiary/aromatic N) is 1. The van der Waals surface area contributed by atoms with E-state index in [9.17, 15) is 9.59 Å². The average Bonchev–Trinajstić information content (AvgIpc) is 2.96. The predicted octanol–water partition coefficient (Wildman–Crippen LogP) is 5.46. The van der Waals surface area contributed by atoms with Crippen molar-refractivity contribution in [3.63, 3.8) is 0 Å². The van der Waals surface area contributed by atoms with Gasteiger partial charge in [0.25, 0.3) is 0 Å². The second-order valence-electron chi connectivity index (χ2n) is 7.33. The minimum Gasteiger partial charge on any atom is -0.493 e. The molecule has 1 unspecified atom stereocenters. The van der Waals surface area contributed by atoms with E-state index in [1.807, 2.05) is 51.5 Å². The molecule has 36 heavy (non-hydrogen) atoms. The van der Waals surface area contributed by atoms with E-state index in [0.29, 0.717) is 22.6 Å². The Bertz CT molecular complexity index is 1250. The van der Waals surface area contributed by atoms with Gasteiger partial charge in [-0.05, 0) is 53.4 Å². The van der Waals surface area contributed by atoms with E-state index >= 15 is 0 Å². The van der Waals surface area contributed by atoms with Crippen molar-refractivity contribution < 1.29 is 19.1 Å². The molecule has 0 radical (unpaired) electrons. The number of carbonyl (C=O) groups excluding carboxylic acids is 2. The number of hydrogen-bond acceptors (Lipinski definition) is 7. The van der Waals surface area contributed by atoms with Gasteiger partial charge >= 0.3 is 5.97 Å². The maximum Gasteiger partial charge on any atom is 0.343 e. The van der Waals surface area contributed by atoms with Gasteiger partial charge in [-0.15, -0.1) is 0 Å². The van der Waals surface area contributed by atoms with Gasteiger partial charge in [0.2, 0.25) is 0 Å². The van der Waals surface area contributed by atoms with Crippen LogP contribution in [0.1, 0.15) is 35.7 Å². The van der Waals surface area contributed by atoms with Gasteiger partial charge in [0.1, 0.15) is 6.29 Å². The van der Waals surface area contributed by atoms with Crippen LogP contribution in [0.3, 0.4) is 0 Å². The summed E-state index contributed by atoms with van der Waals surface area (Å²) in [6, 6.07) is 21.8. The number of aldehydes is 1. The topological polar surface area (TPSA) is 104 Å². The number of rotatable bonds is 7. The summed E-state index contributed by atoms with van der Waals surface area (Å²) in [5.74, 6) is -0.214. The highest BCUT2D eigenvalue weighted by Crippen LogP contribution is 2.31. The molecule has 0 aliphatic rings. The fourth-order valence-electron chi connectivity index (χ4n) is 3.24. The van der Waals surface area contributed by atoms with Crippen LogP contribution in [-0.2, 0) is 4.79 Å². The summed E-state index contributed by atoms with van der Waals surface area (Å²) in [7, 11) is 3.39. The zero-order valence-electron chi connectivity index (χ0n) is 21.1. The van der Waals surface area contributed by atoms with Crippen molar-refractivity contribution in [1.29, 1.82) is 0 Å². The molecule has 1 heterocycles. The third kappa shape index (κ3) is 7.65. The molecule has 3 aromatic carbocycles. The SMILES string of the molecule is CC.CNc1ccc2cnccc2c1.COc1cc(C(C=O)CN)ccc1OC(=O)c1ccccc1. The highest BCUT2D eigenvalue weighted by molar-refractivity contribution is 5.91. The van der Waals surface area contributed by atoms with Gasteiger partial charge in [0, 0.05) is 37.1 Å². The Morgan fingerprint density at radius 3 is 2.39 bits per heavy atom. The van der Waals surface area contributed by atoms with Gasteiger partial charge in [-0.2, -0.15) is 0 Å². The monoisotopic (exact) mass is 487 g/mol. The Balaban J connectivity index is 0.000000273. The van der Waals surface area contributed by atoms with E-state index < -0.39 is 11.9 Å². The summed E-state index contributed by atoms with van der Waals surface area (Å²) in [5.41, 5.74) is 7.84. The van der Waals surface area contributed by atoms with Gasteiger partial charge in [0.15, 0.2) is 11.5 Å². The number of nitrogens with one attached hydrogen (secondary N) is 1. The number of pyridine rings is 1. The number of ether oxygens (including phenoxy) is 2. The van der Waals surface area contributed by atoms with Crippen molar-refractivity contribution in [3.8, 4) is 11.5 Å². The van der Waals surface area contributed by atoms with E-state index in [1.165, 1.54) is 17.9 Å². The lowest BCUT2D eigenvalue weighted by atomic mass is 10.0. The van der Waals surface area contributed by atoms with Crippen LogP contribution < -0.4 is 20.5 Å². The molecular formula is C29H33N3O4. The summed E-state index contributed by atoms with van der Waals surface area (Å²) >= 11 is 0. The normalized spacial score (nSPS) is 10.6. The third-order valence-electron chi connectivity index (χ3n) is 5.18. The van der Waals surface area contributed by atoms with Gasteiger partial charge in [0.05, 0.1) is 18.6 Å². The molecule has 7 heteroatoms. The van der Waals surface area contributed by atoms with E-state index in [1.54, 1.807) is 42.5 Å². The minimum atomic E-state index is -0.475. The quantitative estimate of drug-likeness (QED) is 0.203. The maximum absolute atomic E-state index is 12.1. The first-order chi connectivity index (χ1) is 17.6. The lowest BCUT2D eigenvalue weighted by Crippen LogP contribution is -2.14. The van der Waals surface area contributed by atoms with Crippen LogP contribution in [0, 0.1) is 0 Å². The van der Waals surface area contributed by atoms with Crippen molar-refractivity contribution in [2.24, 2.45) is 5.73 Å². The fourth-order valence-corrected chi connectivity index (χ4v) is 3.24. The van der Waals surface area contributed by atoms with Crippen molar-refractivity contribution >= 4 is 28.7 Å². The first-order valence-corrected chi connectivity index (χ1v) is 11.7. The van der Waals surface area contributed by atoms with Crippen LogP contribution >= 0.6 is 0 Å². The molecule has 0 fully saturated rings. The van der Waals surface area contributed by atoms with Crippen molar-refractivity contribution in [3.05, 3.63) is 96.3 Å². The number of hydrogen-bond donors (Lipinski definition) is 2. The lowest BCUT2D eigenvalue weighted by Gasteiger charge is -2.13. The first kappa shape index (κ1) is 28.0. The number of esters is 1. The summed E-state index contributed by atoms with van der Waals surface area (Å²) in [4.78, 5) is 27.1. The van der Waals surface area contributed by atoms with E-state index in [-0.39, 0.29) is 6.54 Å². The molecule has 1 aromatic heterocycles. The molecule has 4 aromatic rings. The molecule has 4 rings (SSSR count). The molecule has 188 valence electrons. The van der Waals surface area contributed by atoms with Crippen LogP contribution in [0.5, 0.6) is 11.5 Å². The Morgan fingerprint density at radius 1 is 1.00 bits per heavy atom. The molecule has 0 aliphatic carbocycles. The van der Waals surface area contributed by atoms with E-state index in [2.05, 4.69) is 22.4 Å². The first-order valence-electron chi connectivity index (χ1n) is 11.7. The summed E-state index contributed by atoms with van der Waals surface area (Å²) in [6.07, 6.45) is 4.46. The number of anilines is 1. The molecule has 0 amide bonds. The number of carbonyl (C=O) groups is 2. The van der Waals surface area contributed by atoms with Crippen LogP contribution in [0.15, 0.2) is 85.2 Å². The molecule has 1 atom stereocenters. The van der Waals surface area contributed by atoms with Crippen LogP contribution in [0.2, 0.25) is 0 Å². The Morgan fingerprint density at radius 2 is 1.75 bits per heavy atom. The molecule has 7 nitrogen and oxygen atoms in total. The number of benzene rings is 3. The zero-order chi connectivity index (χ0) is 26.3. The smallest absolute Gasteiger partial charge is 0.343 e. The molecule has 0 bridgehead atoms. The molecular weight excluding hydrogens is 454 g/mol. The summed E-state index contributed by atoms with van der Waals surface area (Å²) in [5, 5.41) is 5.50. The Labute approximate surface area is 212 Å². The Kier molecular flexibility index (Phi) is 11.6. The van der Waals surface area contributed by atoms with Crippen molar-refractivity contribution in [1.82, 2.24) is 4.98 Å². The average molecular weight is 488 g/mol. The number of fused-ring (bicyclic) bond motifs is 1. The molecule has 0 aliphatic heterocycles. The van der Waals surface area contributed by atoms with Crippen molar-refractivity contribution in [2.45, 2.75) is 19.8 Å². The van der Waals surface area contributed by atoms with Crippen LogP contribution in [0.25, 0.3) is 10.8 Å². The number of methoxy groups -OCH3 is 1. The lowest BCUT2D eigenvalue weighted by molar-refractivity contribution is -0.108. The number of aromatic nitrogens is 1. The summed E-state index contributed by atoms with van der Waals surface area (Å²) in [6.45, 7) is 4.20. The fraction of sp³-hybridized carbons (Fsp3) is 0.207. The number of nitrogens with two attached hydrogens (primary N) is 1. The van der Waals surface area contributed by atoms with Gasteiger partial charge in [-0.1, -0.05) is 44.2 Å². The van der Waals surface area contributed by atoms with Crippen molar-refractivity contribution in [2.75, 3.05) is 26.0 Å². The molecule has 3 N–H and O–H groups in total. The largest absolute Gasteiger partial charge is 0.493 e. The minimum absolute atomic E-state index is 0.204. The molecule has 0 saturated heterocycles. The highest BCUT2D eigenvalue weighted by atomic mass is 16.6. The van der Waals surface area contributed by atoms with E-state index in [0.717, 1.165) is 12.0 Å². The second kappa shape index (κ2) is 14.9. The molecule has 0 saturated carbocycles. The standard InChI is InChI=1S/C17H17NO4.C10H10N2.C2H6/c1-21-16-9-13(14(10-18)11-19)7-8-15(16)22-17(20)12-5-3-2-4-6-12;1-11-10-3-2-9-7-12-5-4-8(9)6-10;1-2/h2-9,11,14H,10,18H2,1H3;2-7,11H,1H3;1-2H3. The van der Waals surface area contributed by atoms with Gasteiger partial charge < -0.3 is 25.3 Å². The predicted molar refractivity (Wildman–Crippen MR) is 145 cm³/mol. The van der Waals surface area contributed by atoms with Gasteiger partial charge in [-0.3, -0.25) is 4.98 Å².